The molecule has 0 bridgehead atoms. The van der Waals surface area contributed by atoms with Crippen LogP contribution in [0.5, 0.6) is 0 Å². The first-order valence-corrected chi connectivity index (χ1v) is 8.09. The minimum absolute atomic E-state index is 0.0749. The summed E-state index contributed by atoms with van der Waals surface area (Å²) in [7, 11) is 1.34. The Bertz CT molecular complexity index is 900. The van der Waals surface area contributed by atoms with E-state index in [1.807, 2.05) is 61.5 Å². The summed E-state index contributed by atoms with van der Waals surface area (Å²) < 4.78 is 4.76. The van der Waals surface area contributed by atoms with Crippen molar-refractivity contribution in [2.24, 2.45) is 0 Å². The summed E-state index contributed by atoms with van der Waals surface area (Å²) in [6.45, 7) is 1.99. The van der Waals surface area contributed by atoms with E-state index in [0.717, 1.165) is 22.0 Å². The number of aromatic nitrogens is 1. The molecule has 0 saturated carbocycles. The van der Waals surface area contributed by atoms with Crippen LogP contribution in [0.25, 0.3) is 10.9 Å². The number of H-pyrrole nitrogens is 1. The number of fused-ring (bicyclic) bond motifs is 1. The van der Waals surface area contributed by atoms with Crippen LogP contribution in [0.15, 0.2) is 54.6 Å². The molecule has 0 aliphatic rings. The van der Waals surface area contributed by atoms with Gasteiger partial charge in [-0.15, -0.1) is 0 Å². The summed E-state index contributed by atoms with van der Waals surface area (Å²) in [5.74, 6) is -0.630. The number of aromatic amines is 1. The number of amides is 1. The third-order valence-corrected chi connectivity index (χ3v) is 4.21. The van der Waals surface area contributed by atoms with Gasteiger partial charge in [-0.25, -0.2) is 0 Å². The molecule has 5 nitrogen and oxygen atoms in total. The Balaban J connectivity index is 1.86. The van der Waals surface area contributed by atoms with Crippen LogP contribution in [0.2, 0.25) is 0 Å². The number of hydrogen-bond acceptors (Lipinski definition) is 3. The van der Waals surface area contributed by atoms with Crippen molar-refractivity contribution in [2.75, 3.05) is 7.11 Å². The van der Waals surface area contributed by atoms with Crippen LogP contribution in [0.1, 0.15) is 34.1 Å². The van der Waals surface area contributed by atoms with Gasteiger partial charge >= 0.3 is 5.97 Å². The molecule has 0 radical (unpaired) electrons. The molecule has 0 saturated heterocycles. The van der Waals surface area contributed by atoms with Gasteiger partial charge in [-0.05, 0) is 24.1 Å². The third-order valence-electron chi connectivity index (χ3n) is 4.21. The van der Waals surface area contributed by atoms with E-state index in [1.165, 1.54) is 7.11 Å². The molecule has 1 aromatic heterocycles. The highest BCUT2D eigenvalue weighted by atomic mass is 16.5. The fourth-order valence-electron chi connectivity index (χ4n) is 2.85. The summed E-state index contributed by atoms with van der Waals surface area (Å²) in [6.07, 6.45) is 0.0749. The average Bonchev–Trinajstić information content (AvgIpc) is 3.07. The molecular formula is C20H20N2O3. The number of benzene rings is 2. The Morgan fingerprint density at radius 2 is 1.88 bits per heavy atom. The lowest BCUT2D eigenvalue weighted by Crippen LogP contribution is -2.30. The van der Waals surface area contributed by atoms with Crippen LogP contribution in [-0.4, -0.2) is 24.0 Å². The minimum atomic E-state index is -0.450. The number of para-hydroxylation sites is 1. The number of aryl methyl sites for hydroxylation is 1. The van der Waals surface area contributed by atoms with Crippen LogP contribution in [0.3, 0.4) is 0 Å². The molecule has 0 aliphatic heterocycles. The minimum Gasteiger partial charge on any atom is -0.469 e. The van der Waals surface area contributed by atoms with Crippen LogP contribution >= 0.6 is 0 Å². The first-order chi connectivity index (χ1) is 12.1. The highest BCUT2D eigenvalue weighted by Gasteiger charge is 2.20. The van der Waals surface area contributed by atoms with Crippen molar-refractivity contribution in [3.8, 4) is 0 Å². The van der Waals surface area contributed by atoms with Crippen LogP contribution in [0.4, 0.5) is 0 Å². The lowest BCUT2D eigenvalue weighted by atomic mass is 10.0. The lowest BCUT2D eigenvalue weighted by molar-refractivity contribution is -0.141. The molecule has 1 heterocycles. The van der Waals surface area contributed by atoms with Gasteiger partial charge in [0.25, 0.3) is 5.91 Å². The number of esters is 1. The summed E-state index contributed by atoms with van der Waals surface area (Å²) in [5.41, 5.74) is 3.34. The molecule has 25 heavy (non-hydrogen) atoms. The molecule has 128 valence electrons. The SMILES string of the molecule is COC(=O)CC(NC(=O)c1cc2cccc(C)c2[nH]1)c1ccccc1. The Kier molecular flexibility index (Phi) is 4.84. The van der Waals surface area contributed by atoms with E-state index in [9.17, 15) is 9.59 Å². The molecule has 2 aromatic carbocycles. The summed E-state index contributed by atoms with van der Waals surface area (Å²) in [5, 5.41) is 3.91. The van der Waals surface area contributed by atoms with E-state index >= 15 is 0 Å². The predicted octanol–water partition coefficient (Wildman–Crippen LogP) is 3.51. The number of nitrogens with one attached hydrogen (secondary N) is 2. The van der Waals surface area contributed by atoms with Gasteiger partial charge in [0, 0.05) is 10.9 Å². The van der Waals surface area contributed by atoms with Gasteiger partial charge in [0.05, 0.1) is 19.6 Å². The fourth-order valence-corrected chi connectivity index (χ4v) is 2.85. The van der Waals surface area contributed by atoms with Crippen molar-refractivity contribution in [2.45, 2.75) is 19.4 Å². The van der Waals surface area contributed by atoms with Crippen molar-refractivity contribution < 1.29 is 14.3 Å². The van der Waals surface area contributed by atoms with Crippen LogP contribution in [0, 0.1) is 6.92 Å². The molecule has 0 spiro atoms. The monoisotopic (exact) mass is 336 g/mol. The maximum atomic E-state index is 12.7. The van der Waals surface area contributed by atoms with Gasteiger partial charge in [-0.1, -0.05) is 48.5 Å². The Morgan fingerprint density at radius 3 is 2.56 bits per heavy atom. The Morgan fingerprint density at radius 1 is 1.12 bits per heavy atom. The smallest absolute Gasteiger partial charge is 0.307 e. The van der Waals surface area contributed by atoms with Gasteiger partial charge in [-0.3, -0.25) is 9.59 Å². The van der Waals surface area contributed by atoms with Gasteiger partial charge in [-0.2, -0.15) is 0 Å². The number of carbonyl (C=O) groups excluding carboxylic acids is 2. The zero-order valence-electron chi connectivity index (χ0n) is 14.2. The van der Waals surface area contributed by atoms with Crippen molar-refractivity contribution in [3.63, 3.8) is 0 Å². The Labute approximate surface area is 146 Å². The molecule has 0 fully saturated rings. The van der Waals surface area contributed by atoms with E-state index in [1.54, 1.807) is 0 Å². The molecule has 3 rings (SSSR count). The zero-order valence-corrected chi connectivity index (χ0v) is 14.2. The molecule has 2 N–H and O–H groups in total. The topological polar surface area (TPSA) is 71.2 Å². The highest BCUT2D eigenvalue weighted by molar-refractivity contribution is 5.99. The van der Waals surface area contributed by atoms with E-state index in [4.69, 9.17) is 4.74 Å². The zero-order chi connectivity index (χ0) is 17.8. The van der Waals surface area contributed by atoms with Gasteiger partial charge in [0.2, 0.25) is 0 Å². The number of ether oxygens (including phenoxy) is 1. The first-order valence-electron chi connectivity index (χ1n) is 8.09. The standard InChI is InChI=1S/C20H20N2O3/c1-13-7-6-10-15-11-17(21-19(13)15)20(24)22-16(12-18(23)25-2)14-8-4-3-5-9-14/h3-11,16,21H,12H2,1-2H3,(H,22,24). The van der Waals surface area contributed by atoms with Gasteiger partial charge in [0.1, 0.15) is 5.69 Å². The number of hydrogen-bond donors (Lipinski definition) is 2. The van der Waals surface area contributed by atoms with Crippen LogP contribution < -0.4 is 5.32 Å². The first kappa shape index (κ1) is 16.8. The van der Waals surface area contributed by atoms with Crippen molar-refractivity contribution in [1.82, 2.24) is 10.3 Å². The largest absolute Gasteiger partial charge is 0.469 e. The number of rotatable bonds is 5. The molecule has 3 aromatic rings. The van der Waals surface area contributed by atoms with E-state index in [0.29, 0.717) is 5.69 Å². The summed E-state index contributed by atoms with van der Waals surface area (Å²) in [6, 6.07) is 16.7. The highest BCUT2D eigenvalue weighted by Crippen LogP contribution is 2.21. The van der Waals surface area contributed by atoms with E-state index in [-0.39, 0.29) is 18.3 Å². The molecular weight excluding hydrogens is 316 g/mol. The third kappa shape index (κ3) is 3.71. The molecule has 0 aliphatic carbocycles. The Hall–Kier alpha value is -3.08. The van der Waals surface area contributed by atoms with E-state index in [2.05, 4.69) is 10.3 Å². The van der Waals surface area contributed by atoms with Crippen molar-refractivity contribution in [3.05, 3.63) is 71.4 Å². The van der Waals surface area contributed by atoms with Crippen molar-refractivity contribution in [1.29, 1.82) is 0 Å². The summed E-state index contributed by atoms with van der Waals surface area (Å²) in [4.78, 5) is 27.6. The average molecular weight is 336 g/mol. The van der Waals surface area contributed by atoms with Crippen LogP contribution in [-0.2, 0) is 9.53 Å². The maximum Gasteiger partial charge on any atom is 0.307 e. The number of carbonyl (C=O) groups is 2. The molecule has 1 amide bonds. The quantitative estimate of drug-likeness (QED) is 0.700. The number of methoxy groups -OCH3 is 1. The molecule has 1 atom stereocenters. The molecule has 5 heteroatoms. The van der Waals surface area contributed by atoms with Gasteiger partial charge in [0.15, 0.2) is 0 Å². The van der Waals surface area contributed by atoms with E-state index < -0.39 is 6.04 Å². The summed E-state index contributed by atoms with van der Waals surface area (Å²) >= 11 is 0. The normalized spacial score (nSPS) is 11.9. The van der Waals surface area contributed by atoms with Gasteiger partial charge < -0.3 is 15.0 Å². The maximum absolute atomic E-state index is 12.7. The second kappa shape index (κ2) is 7.21. The molecule has 1 unspecified atom stereocenters. The second-order valence-electron chi connectivity index (χ2n) is 5.94. The van der Waals surface area contributed by atoms with Crippen molar-refractivity contribution >= 4 is 22.8 Å². The predicted molar refractivity (Wildman–Crippen MR) is 96.3 cm³/mol. The second-order valence-corrected chi connectivity index (χ2v) is 5.94. The lowest BCUT2D eigenvalue weighted by Gasteiger charge is -2.17. The fraction of sp³-hybridized carbons (Fsp3) is 0.200.